The van der Waals surface area contributed by atoms with Crippen LogP contribution in [-0.2, 0) is 21.1 Å². The smallest absolute Gasteiger partial charge is 0 e. The molecule has 0 atom stereocenters. The number of hydrogen-bond donors (Lipinski definition) is 0. The first-order valence-electron chi connectivity index (χ1n) is 3.42. The van der Waals surface area contributed by atoms with Crippen LogP contribution in [0.5, 0.6) is 0 Å². The van der Waals surface area contributed by atoms with Crippen LogP contribution in [0, 0.1) is 12.5 Å². The number of allylic oxidation sites excluding steroid dienone is 1. The molecule has 0 spiro atoms. The van der Waals surface area contributed by atoms with Crippen molar-refractivity contribution < 1.29 is 21.1 Å². The Morgan fingerprint density at radius 3 is 1.27 bits per heavy atom. The first kappa shape index (κ1) is 22.5. The molecule has 0 aromatic heterocycles. The zero-order chi connectivity index (χ0) is 8.99. The van der Waals surface area contributed by atoms with Gasteiger partial charge in [0, 0.05) is 21.1 Å². The molecule has 0 N–H and O–H groups in total. The van der Waals surface area contributed by atoms with Crippen molar-refractivity contribution in [3.63, 3.8) is 0 Å². The summed E-state index contributed by atoms with van der Waals surface area (Å²) >= 11 is 0. The molecule has 0 aliphatic carbocycles. The molecule has 0 rings (SSSR count). The van der Waals surface area contributed by atoms with Gasteiger partial charge in [-0.1, -0.05) is 13.8 Å². The topological polar surface area (TPSA) is 22.3 Å². The Morgan fingerprint density at radius 1 is 1.18 bits per heavy atom. The van der Waals surface area contributed by atoms with Crippen molar-refractivity contribution in [2.45, 2.75) is 34.6 Å². The molecule has 11 heavy (non-hydrogen) atoms. The van der Waals surface area contributed by atoms with Gasteiger partial charge in [0.15, 0.2) is 0 Å². The molecule has 0 aliphatic heterocycles. The average Bonchev–Trinajstić information content (AvgIpc) is 1.91. The van der Waals surface area contributed by atoms with E-state index in [0.29, 0.717) is 0 Å². The summed E-state index contributed by atoms with van der Waals surface area (Å²) in [6, 6.07) is 0. The van der Waals surface area contributed by atoms with Crippen LogP contribution >= 0.6 is 0 Å². The normalized spacial score (nSPS) is 5.64. The van der Waals surface area contributed by atoms with Crippen LogP contribution in [0.15, 0.2) is 6.08 Å². The zero-order valence-electron chi connectivity index (χ0n) is 8.09. The van der Waals surface area contributed by atoms with E-state index in [1.165, 1.54) is 5.92 Å². The van der Waals surface area contributed by atoms with E-state index in [1.54, 1.807) is 0 Å². The van der Waals surface area contributed by atoms with Gasteiger partial charge in [0.25, 0.3) is 0 Å². The van der Waals surface area contributed by atoms with Crippen molar-refractivity contribution in [1.29, 1.82) is 0 Å². The van der Waals surface area contributed by atoms with Crippen molar-refractivity contribution in [1.82, 2.24) is 0 Å². The van der Waals surface area contributed by atoms with Gasteiger partial charge in [-0.2, -0.15) is 20.8 Å². The summed E-state index contributed by atoms with van der Waals surface area (Å²) in [5.74, 6) is 1.42. The van der Waals surface area contributed by atoms with E-state index in [-0.39, 0.29) is 21.1 Å². The van der Waals surface area contributed by atoms with Crippen LogP contribution in [0.2, 0.25) is 0 Å². The van der Waals surface area contributed by atoms with Crippen molar-refractivity contribution in [3.8, 4) is 0 Å². The van der Waals surface area contributed by atoms with Gasteiger partial charge in [-0.3, -0.25) is 12.7 Å². The van der Waals surface area contributed by atoms with Crippen LogP contribution < -0.4 is 0 Å². The Kier molecular flexibility index (Phi) is 65.7. The maximum absolute atomic E-state index is 7.57. The van der Waals surface area contributed by atoms with E-state index in [0.717, 1.165) is 12.3 Å². The van der Waals surface area contributed by atoms with E-state index in [1.807, 2.05) is 13.8 Å². The molecule has 1 nitrogen and oxygen atoms in total. The van der Waals surface area contributed by atoms with E-state index >= 15 is 0 Å². The SMILES string of the molecule is CC.C[C-](C)C.[CH-]=CC=[N-].[W]. The Balaban J connectivity index is -0.0000000339. The molecule has 0 fully saturated rings. The van der Waals surface area contributed by atoms with Gasteiger partial charge < -0.3 is 17.5 Å². The molecular formula is C9H18NW-3. The molecule has 0 heterocycles. The van der Waals surface area contributed by atoms with Gasteiger partial charge in [0.1, 0.15) is 0 Å². The molecule has 0 aromatic carbocycles. The minimum atomic E-state index is 0. The van der Waals surface area contributed by atoms with Gasteiger partial charge in [-0.05, 0) is 0 Å². The molecule has 0 radical (unpaired) electrons. The van der Waals surface area contributed by atoms with Gasteiger partial charge in [-0.15, -0.1) is 0 Å². The average molecular weight is 324 g/mol. The molecular weight excluding hydrogens is 306 g/mol. The maximum atomic E-state index is 7.57. The summed E-state index contributed by atoms with van der Waals surface area (Å²) in [5.41, 5.74) is 0. The fourth-order valence-corrected chi connectivity index (χ4v) is 0. The molecule has 0 saturated carbocycles. The van der Waals surface area contributed by atoms with Crippen LogP contribution in [0.4, 0.5) is 0 Å². The number of nitrogens with zero attached hydrogens (tertiary/aromatic N) is 1. The molecule has 0 amide bonds. The minimum absolute atomic E-state index is 0. The minimum Gasteiger partial charge on any atom is -0.911 e. The van der Waals surface area contributed by atoms with Crippen LogP contribution in [0.3, 0.4) is 0 Å². The second kappa shape index (κ2) is 32.2. The van der Waals surface area contributed by atoms with Gasteiger partial charge >= 0.3 is 0 Å². The Bertz CT molecular complexity index is 51.8. The fourth-order valence-electron chi connectivity index (χ4n) is 0. The maximum Gasteiger partial charge on any atom is 0 e. The van der Waals surface area contributed by atoms with Crippen molar-refractivity contribution in [2.75, 3.05) is 0 Å². The standard InChI is InChI=1S/C4H9.C3H3N.C2H6.W/c1-4(2)3;1-2-3-4;1-2;/h1-3H3;1-3H;1-2H3;/q-1;-2;;. The third-order valence-electron chi connectivity index (χ3n) is 0.0861. The summed E-state index contributed by atoms with van der Waals surface area (Å²) in [6.45, 7) is 14.8. The molecule has 0 aromatic rings. The molecule has 0 saturated heterocycles. The van der Waals surface area contributed by atoms with Crippen molar-refractivity contribution in [2.24, 2.45) is 0 Å². The third kappa shape index (κ3) is 549. The molecule has 68 valence electrons. The van der Waals surface area contributed by atoms with E-state index in [9.17, 15) is 0 Å². The predicted molar refractivity (Wildman–Crippen MR) is 49.9 cm³/mol. The Labute approximate surface area is 86.1 Å². The summed E-state index contributed by atoms with van der Waals surface area (Å²) in [6.07, 6.45) is 1.83. The summed E-state index contributed by atoms with van der Waals surface area (Å²) in [4.78, 5) is 0. The Morgan fingerprint density at radius 2 is 1.27 bits per heavy atom. The second-order valence-corrected chi connectivity index (χ2v) is 1.84. The van der Waals surface area contributed by atoms with E-state index in [4.69, 9.17) is 5.41 Å². The van der Waals surface area contributed by atoms with Gasteiger partial charge in [-0.25, -0.2) is 0 Å². The Hall–Kier alpha value is 0.0983. The number of hydrogen-bond acceptors (Lipinski definition) is 0. The molecule has 0 bridgehead atoms. The van der Waals surface area contributed by atoms with Gasteiger partial charge in [0.2, 0.25) is 0 Å². The van der Waals surface area contributed by atoms with Crippen LogP contribution in [0.25, 0.3) is 5.41 Å². The van der Waals surface area contributed by atoms with Crippen LogP contribution in [0.1, 0.15) is 34.6 Å². The molecule has 0 unspecified atom stereocenters. The summed E-state index contributed by atoms with van der Waals surface area (Å²) in [7, 11) is 0. The first-order valence-corrected chi connectivity index (χ1v) is 3.42. The number of rotatable bonds is 1. The van der Waals surface area contributed by atoms with Crippen LogP contribution in [-0.4, -0.2) is 6.21 Å². The quantitative estimate of drug-likeness (QED) is 0.522. The van der Waals surface area contributed by atoms with Crippen molar-refractivity contribution in [3.05, 3.63) is 24.0 Å². The van der Waals surface area contributed by atoms with E-state index < -0.39 is 0 Å². The first-order chi connectivity index (χ1) is 4.65. The largest absolute Gasteiger partial charge is 0.911 e. The van der Waals surface area contributed by atoms with Gasteiger partial charge in [0.05, 0.1) is 0 Å². The van der Waals surface area contributed by atoms with Crippen molar-refractivity contribution >= 4 is 6.21 Å². The summed E-state index contributed by atoms with van der Waals surface area (Å²) < 4.78 is 0. The monoisotopic (exact) mass is 324 g/mol. The second-order valence-electron chi connectivity index (χ2n) is 1.84. The molecule has 2 heteroatoms. The molecule has 0 aliphatic rings. The fraction of sp³-hybridized carbons (Fsp3) is 0.556. The zero-order valence-corrected chi connectivity index (χ0v) is 11.0. The van der Waals surface area contributed by atoms with E-state index in [2.05, 4.69) is 27.4 Å². The third-order valence-corrected chi connectivity index (χ3v) is 0.0861. The summed E-state index contributed by atoms with van der Waals surface area (Å²) in [5, 5.41) is 7.57. The predicted octanol–water partition coefficient (Wildman–Crippen LogP) is 3.26.